The summed E-state index contributed by atoms with van der Waals surface area (Å²) < 4.78 is 5.43. The fourth-order valence-corrected chi connectivity index (χ4v) is 1.09. The van der Waals surface area contributed by atoms with Crippen molar-refractivity contribution in [2.45, 2.75) is 39.5 Å². The van der Waals surface area contributed by atoms with E-state index < -0.39 is 0 Å². The van der Waals surface area contributed by atoms with E-state index in [1.165, 1.54) is 19.3 Å². The van der Waals surface area contributed by atoms with Crippen LogP contribution in [0.25, 0.3) is 0 Å². The van der Waals surface area contributed by atoms with E-state index in [2.05, 4.69) is 25.7 Å². The third-order valence-electron chi connectivity index (χ3n) is 1.89. The molecule has 0 aliphatic rings. The standard InChI is InChI=1S/C11H23NO/c1-4-6-7-8-11(3)13-10-9-12-5-2/h12H,3-10H2,1-2H3. The van der Waals surface area contributed by atoms with Gasteiger partial charge in [0.25, 0.3) is 0 Å². The van der Waals surface area contributed by atoms with Crippen LogP contribution in [0.3, 0.4) is 0 Å². The van der Waals surface area contributed by atoms with E-state index in [-0.39, 0.29) is 0 Å². The van der Waals surface area contributed by atoms with Crippen LogP contribution in [0.15, 0.2) is 12.3 Å². The lowest BCUT2D eigenvalue weighted by Crippen LogP contribution is -2.18. The van der Waals surface area contributed by atoms with Crippen molar-refractivity contribution in [1.29, 1.82) is 0 Å². The van der Waals surface area contributed by atoms with Gasteiger partial charge in [0.05, 0.1) is 5.76 Å². The Balaban J connectivity index is 3.11. The van der Waals surface area contributed by atoms with Gasteiger partial charge in [-0.15, -0.1) is 0 Å². The summed E-state index contributed by atoms with van der Waals surface area (Å²) in [6, 6.07) is 0. The minimum Gasteiger partial charge on any atom is -0.497 e. The SMILES string of the molecule is C=C(CCCCC)OCCNCC. The highest BCUT2D eigenvalue weighted by atomic mass is 16.5. The summed E-state index contributed by atoms with van der Waals surface area (Å²) in [5.41, 5.74) is 0. The first-order valence-electron chi connectivity index (χ1n) is 5.32. The molecule has 0 bridgehead atoms. The van der Waals surface area contributed by atoms with Gasteiger partial charge in [-0.3, -0.25) is 0 Å². The van der Waals surface area contributed by atoms with Gasteiger partial charge in [-0.2, -0.15) is 0 Å². The Morgan fingerprint density at radius 3 is 2.69 bits per heavy atom. The molecule has 0 amide bonds. The molecule has 0 rings (SSSR count). The number of nitrogens with one attached hydrogen (secondary N) is 1. The van der Waals surface area contributed by atoms with Crippen molar-refractivity contribution in [3.05, 3.63) is 12.3 Å². The fourth-order valence-electron chi connectivity index (χ4n) is 1.09. The monoisotopic (exact) mass is 185 g/mol. The zero-order valence-electron chi connectivity index (χ0n) is 9.07. The molecule has 0 atom stereocenters. The van der Waals surface area contributed by atoms with Crippen molar-refractivity contribution in [2.75, 3.05) is 19.7 Å². The number of ether oxygens (including phenoxy) is 1. The van der Waals surface area contributed by atoms with Gasteiger partial charge < -0.3 is 10.1 Å². The zero-order chi connectivity index (χ0) is 9.94. The molecule has 0 unspecified atom stereocenters. The molecule has 1 N–H and O–H groups in total. The maximum absolute atomic E-state index is 5.43. The van der Waals surface area contributed by atoms with Crippen LogP contribution >= 0.6 is 0 Å². The molecule has 0 heterocycles. The Bertz CT molecular complexity index is 123. The second-order valence-corrected chi connectivity index (χ2v) is 3.20. The Kier molecular flexibility index (Phi) is 9.22. The van der Waals surface area contributed by atoms with Gasteiger partial charge in [-0.25, -0.2) is 0 Å². The second-order valence-electron chi connectivity index (χ2n) is 3.20. The van der Waals surface area contributed by atoms with Crippen molar-refractivity contribution in [2.24, 2.45) is 0 Å². The molecule has 0 aliphatic carbocycles. The molecule has 0 fully saturated rings. The molecule has 0 aromatic heterocycles. The largest absolute Gasteiger partial charge is 0.497 e. The molecule has 0 saturated heterocycles. The predicted octanol–water partition coefficient (Wildman–Crippen LogP) is 2.71. The molecular formula is C11H23NO. The van der Waals surface area contributed by atoms with E-state index in [0.717, 1.165) is 31.9 Å². The Labute approximate surface area is 82.4 Å². The third kappa shape index (κ3) is 9.41. The van der Waals surface area contributed by atoms with Gasteiger partial charge in [0.2, 0.25) is 0 Å². The number of hydrogen-bond acceptors (Lipinski definition) is 2. The Morgan fingerprint density at radius 2 is 2.08 bits per heavy atom. The lowest BCUT2D eigenvalue weighted by atomic mass is 10.2. The lowest BCUT2D eigenvalue weighted by Gasteiger charge is -2.08. The number of rotatable bonds is 9. The van der Waals surface area contributed by atoms with Crippen LogP contribution in [-0.2, 0) is 4.74 Å². The summed E-state index contributed by atoms with van der Waals surface area (Å²) in [5.74, 6) is 0.936. The number of unbranched alkanes of at least 4 members (excludes halogenated alkanes) is 2. The molecule has 0 spiro atoms. The predicted molar refractivity (Wildman–Crippen MR) is 57.8 cm³/mol. The minimum atomic E-state index is 0.749. The molecule has 78 valence electrons. The van der Waals surface area contributed by atoms with Crippen LogP contribution in [0, 0.1) is 0 Å². The second kappa shape index (κ2) is 9.59. The van der Waals surface area contributed by atoms with Gasteiger partial charge in [0.1, 0.15) is 6.61 Å². The number of likely N-dealkylation sites (N-methyl/N-ethyl adjacent to an activating group) is 1. The molecule has 0 saturated carbocycles. The van der Waals surface area contributed by atoms with Crippen molar-refractivity contribution in [1.82, 2.24) is 5.32 Å². The summed E-state index contributed by atoms with van der Waals surface area (Å²) in [6.07, 6.45) is 4.75. The topological polar surface area (TPSA) is 21.3 Å². The van der Waals surface area contributed by atoms with Crippen molar-refractivity contribution < 1.29 is 4.74 Å². The third-order valence-corrected chi connectivity index (χ3v) is 1.89. The summed E-state index contributed by atoms with van der Waals surface area (Å²) >= 11 is 0. The summed E-state index contributed by atoms with van der Waals surface area (Å²) in [4.78, 5) is 0. The van der Waals surface area contributed by atoms with Crippen LogP contribution in [0.2, 0.25) is 0 Å². The maximum Gasteiger partial charge on any atom is 0.100 e. The van der Waals surface area contributed by atoms with Crippen LogP contribution < -0.4 is 5.32 Å². The molecule has 2 heteroatoms. The minimum absolute atomic E-state index is 0.749. The molecule has 0 aliphatic heterocycles. The first kappa shape index (κ1) is 12.5. The van der Waals surface area contributed by atoms with E-state index in [0.29, 0.717) is 0 Å². The van der Waals surface area contributed by atoms with Crippen molar-refractivity contribution in [3.63, 3.8) is 0 Å². The first-order chi connectivity index (χ1) is 6.31. The zero-order valence-corrected chi connectivity index (χ0v) is 9.07. The van der Waals surface area contributed by atoms with E-state index in [1.54, 1.807) is 0 Å². The van der Waals surface area contributed by atoms with Crippen molar-refractivity contribution in [3.8, 4) is 0 Å². The summed E-state index contributed by atoms with van der Waals surface area (Å²) in [5, 5.41) is 3.20. The quantitative estimate of drug-likeness (QED) is 0.440. The first-order valence-corrected chi connectivity index (χ1v) is 5.32. The molecule has 0 aromatic rings. The summed E-state index contributed by atoms with van der Waals surface area (Å²) in [7, 11) is 0. The average molecular weight is 185 g/mol. The summed E-state index contributed by atoms with van der Waals surface area (Å²) in [6.45, 7) is 10.8. The fraction of sp³-hybridized carbons (Fsp3) is 0.818. The van der Waals surface area contributed by atoms with Gasteiger partial charge in [-0.1, -0.05) is 33.3 Å². The maximum atomic E-state index is 5.43. The molecule has 0 aromatic carbocycles. The van der Waals surface area contributed by atoms with Crippen LogP contribution in [0.1, 0.15) is 39.5 Å². The van der Waals surface area contributed by atoms with E-state index in [1.807, 2.05) is 0 Å². The van der Waals surface area contributed by atoms with E-state index >= 15 is 0 Å². The Morgan fingerprint density at radius 1 is 1.31 bits per heavy atom. The van der Waals surface area contributed by atoms with E-state index in [4.69, 9.17) is 4.74 Å². The van der Waals surface area contributed by atoms with Gasteiger partial charge in [0.15, 0.2) is 0 Å². The van der Waals surface area contributed by atoms with Crippen LogP contribution in [0.5, 0.6) is 0 Å². The van der Waals surface area contributed by atoms with Gasteiger partial charge in [-0.05, 0) is 13.0 Å². The number of allylic oxidation sites excluding steroid dienone is 1. The molecule has 0 radical (unpaired) electrons. The smallest absolute Gasteiger partial charge is 0.100 e. The van der Waals surface area contributed by atoms with Gasteiger partial charge >= 0.3 is 0 Å². The molecule has 13 heavy (non-hydrogen) atoms. The highest BCUT2D eigenvalue weighted by Crippen LogP contribution is 2.07. The normalized spacial score (nSPS) is 10.0. The van der Waals surface area contributed by atoms with Crippen LogP contribution in [-0.4, -0.2) is 19.7 Å². The van der Waals surface area contributed by atoms with Crippen LogP contribution in [0.4, 0.5) is 0 Å². The highest BCUT2D eigenvalue weighted by molar-refractivity contribution is 4.81. The Hall–Kier alpha value is -0.500. The highest BCUT2D eigenvalue weighted by Gasteiger charge is 1.94. The number of hydrogen-bond donors (Lipinski definition) is 1. The lowest BCUT2D eigenvalue weighted by molar-refractivity contribution is 0.203. The molecule has 2 nitrogen and oxygen atoms in total. The van der Waals surface area contributed by atoms with Gasteiger partial charge in [0, 0.05) is 13.0 Å². The molecular weight excluding hydrogens is 162 g/mol. The van der Waals surface area contributed by atoms with Crippen molar-refractivity contribution >= 4 is 0 Å². The average Bonchev–Trinajstić information content (AvgIpc) is 2.13. The van der Waals surface area contributed by atoms with E-state index in [9.17, 15) is 0 Å².